The van der Waals surface area contributed by atoms with Crippen molar-refractivity contribution >= 4 is 28.6 Å². The van der Waals surface area contributed by atoms with E-state index in [-0.39, 0.29) is 6.10 Å². The molecule has 0 bridgehead atoms. The molecule has 9 nitrogen and oxygen atoms in total. The summed E-state index contributed by atoms with van der Waals surface area (Å²) in [5, 5.41) is 10.2. The fourth-order valence-electron chi connectivity index (χ4n) is 4.29. The van der Waals surface area contributed by atoms with Gasteiger partial charge in [0.2, 0.25) is 5.95 Å². The first-order valence-corrected chi connectivity index (χ1v) is 11.8. The summed E-state index contributed by atoms with van der Waals surface area (Å²) >= 11 is 0. The van der Waals surface area contributed by atoms with E-state index < -0.39 is 6.09 Å². The van der Waals surface area contributed by atoms with Crippen molar-refractivity contribution in [1.29, 1.82) is 0 Å². The zero-order chi connectivity index (χ0) is 24.4. The van der Waals surface area contributed by atoms with Crippen LogP contribution in [0.1, 0.15) is 25.3 Å². The van der Waals surface area contributed by atoms with E-state index in [0.717, 1.165) is 66.3 Å². The average molecular weight is 473 g/mol. The fourth-order valence-corrected chi connectivity index (χ4v) is 4.29. The van der Waals surface area contributed by atoms with Gasteiger partial charge in [-0.15, -0.1) is 0 Å². The molecule has 0 spiro atoms. The minimum atomic E-state index is -0.995. The third-order valence-electron chi connectivity index (χ3n) is 6.44. The minimum Gasteiger partial charge on any atom is -0.489 e. The molecule has 35 heavy (non-hydrogen) atoms. The number of pyridine rings is 1. The molecule has 1 saturated heterocycles. The highest BCUT2D eigenvalue weighted by Gasteiger charge is 2.22. The lowest BCUT2D eigenvalue weighted by Crippen LogP contribution is -2.39. The Hall–Kier alpha value is -4.14. The molecule has 1 aromatic carbocycles. The third-order valence-corrected chi connectivity index (χ3v) is 6.44. The van der Waals surface area contributed by atoms with Gasteiger partial charge in [0.25, 0.3) is 0 Å². The summed E-state index contributed by atoms with van der Waals surface area (Å²) in [6.07, 6.45) is 9.37. The van der Waals surface area contributed by atoms with Crippen LogP contribution < -0.4 is 14.5 Å². The molecule has 5 rings (SSSR count). The molecule has 3 aromatic heterocycles. The zero-order valence-electron chi connectivity index (χ0n) is 19.8. The number of aromatic nitrogens is 4. The van der Waals surface area contributed by atoms with Crippen molar-refractivity contribution < 1.29 is 14.6 Å². The van der Waals surface area contributed by atoms with Crippen molar-refractivity contribution in [2.45, 2.75) is 32.3 Å². The highest BCUT2D eigenvalue weighted by Crippen LogP contribution is 2.26. The van der Waals surface area contributed by atoms with Gasteiger partial charge in [-0.3, -0.25) is 4.90 Å². The first-order chi connectivity index (χ1) is 17.0. The smallest absolute Gasteiger partial charge is 0.411 e. The highest BCUT2D eigenvalue weighted by atomic mass is 16.5. The van der Waals surface area contributed by atoms with Gasteiger partial charge >= 0.3 is 6.09 Å². The van der Waals surface area contributed by atoms with Crippen molar-refractivity contribution in [3.05, 3.63) is 66.7 Å². The molecule has 1 aliphatic heterocycles. The number of aryl methyl sites for hydroxylation is 1. The number of rotatable bonds is 6. The van der Waals surface area contributed by atoms with Gasteiger partial charge in [0.1, 0.15) is 17.7 Å². The SMILES string of the molecule is CCc1cnc(N2CCC(Oc3ccc(-n4ccc5cc(N(C)C(=O)O)ccc54)nc3)CC2)nc1. The Labute approximate surface area is 203 Å². The molecular formula is C26H28N6O3. The van der Waals surface area contributed by atoms with Gasteiger partial charge in [-0.25, -0.2) is 19.7 Å². The predicted octanol–water partition coefficient (Wildman–Crippen LogP) is 4.54. The Bertz CT molecular complexity index is 1310. The van der Waals surface area contributed by atoms with Gasteiger partial charge in [0.05, 0.1) is 11.7 Å². The monoisotopic (exact) mass is 472 g/mol. The van der Waals surface area contributed by atoms with Crippen LogP contribution in [0.15, 0.2) is 61.2 Å². The van der Waals surface area contributed by atoms with Crippen LogP contribution in [-0.2, 0) is 6.42 Å². The number of hydrogen-bond acceptors (Lipinski definition) is 6. The van der Waals surface area contributed by atoms with E-state index in [1.807, 2.05) is 53.5 Å². The second-order valence-electron chi connectivity index (χ2n) is 8.67. The number of piperidine rings is 1. The Kier molecular flexibility index (Phi) is 6.22. The second kappa shape index (κ2) is 9.61. The number of carbonyl (C=O) groups is 1. The van der Waals surface area contributed by atoms with Crippen molar-refractivity contribution in [1.82, 2.24) is 19.5 Å². The van der Waals surface area contributed by atoms with E-state index in [1.54, 1.807) is 12.3 Å². The molecule has 0 atom stereocenters. The molecule has 1 amide bonds. The summed E-state index contributed by atoms with van der Waals surface area (Å²) < 4.78 is 8.18. The van der Waals surface area contributed by atoms with Crippen LogP contribution in [0.4, 0.5) is 16.4 Å². The van der Waals surface area contributed by atoms with Crippen molar-refractivity contribution in [3.8, 4) is 11.6 Å². The predicted molar refractivity (Wildman–Crippen MR) is 135 cm³/mol. The Morgan fingerprint density at radius 1 is 1.09 bits per heavy atom. The van der Waals surface area contributed by atoms with E-state index in [4.69, 9.17) is 4.74 Å². The molecule has 4 heterocycles. The quantitative estimate of drug-likeness (QED) is 0.440. The number of carboxylic acid groups (broad SMARTS) is 1. The average Bonchev–Trinajstić information content (AvgIpc) is 3.32. The molecule has 4 aromatic rings. The number of amides is 1. The number of hydrogen-bond donors (Lipinski definition) is 1. The van der Waals surface area contributed by atoms with Crippen LogP contribution >= 0.6 is 0 Å². The Morgan fingerprint density at radius 3 is 2.51 bits per heavy atom. The van der Waals surface area contributed by atoms with Crippen LogP contribution in [0.2, 0.25) is 0 Å². The number of anilines is 2. The molecule has 0 aliphatic carbocycles. The maximum absolute atomic E-state index is 11.2. The van der Waals surface area contributed by atoms with E-state index in [9.17, 15) is 9.90 Å². The maximum Gasteiger partial charge on any atom is 0.411 e. The minimum absolute atomic E-state index is 0.130. The molecule has 1 fully saturated rings. The fraction of sp³-hybridized carbons (Fsp3) is 0.308. The molecule has 0 saturated carbocycles. The normalized spacial score (nSPS) is 14.3. The van der Waals surface area contributed by atoms with Gasteiger partial charge in [-0.05, 0) is 48.4 Å². The van der Waals surface area contributed by atoms with Gasteiger partial charge in [-0.1, -0.05) is 6.92 Å². The van der Waals surface area contributed by atoms with Crippen LogP contribution in [0, 0.1) is 0 Å². The summed E-state index contributed by atoms with van der Waals surface area (Å²) in [6.45, 7) is 3.81. The van der Waals surface area contributed by atoms with E-state index in [1.165, 1.54) is 11.9 Å². The van der Waals surface area contributed by atoms with E-state index in [2.05, 4.69) is 26.8 Å². The molecule has 9 heteroatoms. The highest BCUT2D eigenvalue weighted by molar-refractivity contribution is 5.91. The van der Waals surface area contributed by atoms with Crippen molar-refractivity contribution in [2.75, 3.05) is 29.9 Å². The topological polar surface area (TPSA) is 96.6 Å². The molecule has 180 valence electrons. The summed E-state index contributed by atoms with van der Waals surface area (Å²) in [5.74, 6) is 2.30. The standard InChI is InChI=1S/C26H28N6O3/c1-3-18-15-28-25(29-16-18)31-11-9-21(10-12-31)35-22-5-7-24(27-17-22)32-13-8-19-14-20(4-6-23(19)32)30(2)26(33)34/h4-8,13-17,21H,3,9-12H2,1-2H3,(H,33,34). The van der Waals surface area contributed by atoms with Gasteiger partial charge in [0.15, 0.2) is 0 Å². The molecule has 0 radical (unpaired) electrons. The van der Waals surface area contributed by atoms with Gasteiger partial charge < -0.3 is 19.3 Å². The lowest BCUT2D eigenvalue weighted by Gasteiger charge is -2.32. The second-order valence-corrected chi connectivity index (χ2v) is 8.67. The lowest BCUT2D eigenvalue weighted by molar-refractivity contribution is 0.170. The van der Waals surface area contributed by atoms with Crippen molar-refractivity contribution in [2.24, 2.45) is 0 Å². The number of nitrogens with zero attached hydrogens (tertiary/aromatic N) is 6. The molecule has 1 N–H and O–H groups in total. The van der Waals surface area contributed by atoms with Crippen LogP contribution in [0.5, 0.6) is 5.75 Å². The molecular weight excluding hydrogens is 444 g/mol. The summed E-state index contributed by atoms with van der Waals surface area (Å²) in [7, 11) is 1.53. The first-order valence-electron chi connectivity index (χ1n) is 11.8. The van der Waals surface area contributed by atoms with Crippen molar-refractivity contribution in [3.63, 3.8) is 0 Å². The molecule has 1 aliphatic rings. The number of benzene rings is 1. The van der Waals surface area contributed by atoms with Gasteiger partial charge in [-0.2, -0.15) is 0 Å². The van der Waals surface area contributed by atoms with Crippen LogP contribution in [-0.4, -0.2) is 57.0 Å². The lowest BCUT2D eigenvalue weighted by atomic mass is 10.1. The summed E-state index contributed by atoms with van der Waals surface area (Å²) in [5.41, 5.74) is 2.72. The number of fused-ring (bicyclic) bond motifs is 1. The third kappa shape index (κ3) is 4.75. The maximum atomic E-state index is 11.2. The summed E-state index contributed by atoms with van der Waals surface area (Å²) in [4.78, 5) is 28.2. The largest absolute Gasteiger partial charge is 0.489 e. The Morgan fingerprint density at radius 2 is 1.86 bits per heavy atom. The Balaban J connectivity index is 1.22. The van der Waals surface area contributed by atoms with Crippen LogP contribution in [0.25, 0.3) is 16.7 Å². The number of ether oxygens (including phenoxy) is 1. The zero-order valence-corrected chi connectivity index (χ0v) is 19.8. The van der Waals surface area contributed by atoms with E-state index >= 15 is 0 Å². The summed E-state index contributed by atoms with van der Waals surface area (Å²) in [6, 6.07) is 11.4. The first kappa shape index (κ1) is 22.6. The molecule has 0 unspecified atom stereocenters. The van der Waals surface area contributed by atoms with Crippen LogP contribution in [0.3, 0.4) is 0 Å². The van der Waals surface area contributed by atoms with E-state index in [0.29, 0.717) is 5.69 Å². The van der Waals surface area contributed by atoms with Gasteiger partial charge in [0, 0.05) is 62.6 Å².